The van der Waals surface area contributed by atoms with E-state index < -0.39 is 11.9 Å². The van der Waals surface area contributed by atoms with Gasteiger partial charge in [0.2, 0.25) is 11.8 Å². The zero-order chi connectivity index (χ0) is 17.7. The van der Waals surface area contributed by atoms with Gasteiger partial charge in [-0.05, 0) is 31.0 Å². The standard InChI is InChI=1S/C17H17N5O3/c1-9-18-15(20-21(9)2)10-3-4-12-11(7-10)8-22(17(12)25)13-5-6-14(23)19-16(13)24/h3-4,7,13H,5-6,8H2,1-2H3,(H,19,23,24). The van der Waals surface area contributed by atoms with E-state index in [9.17, 15) is 14.4 Å². The minimum Gasteiger partial charge on any atom is -0.322 e. The molecule has 0 saturated carbocycles. The van der Waals surface area contributed by atoms with Crippen LogP contribution in [0.3, 0.4) is 0 Å². The number of amides is 3. The maximum atomic E-state index is 12.7. The first-order chi connectivity index (χ1) is 11.9. The lowest BCUT2D eigenvalue weighted by atomic mass is 10.0. The number of aryl methyl sites for hydroxylation is 2. The van der Waals surface area contributed by atoms with E-state index in [-0.39, 0.29) is 18.2 Å². The molecule has 25 heavy (non-hydrogen) atoms. The van der Waals surface area contributed by atoms with Gasteiger partial charge in [0.05, 0.1) is 0 Å². The maximum absolute atomic E-state index is 12.7. The minimum absolute atomic E-state index is 0.179. The van der Waals surface area contributed by atoms with Gasteiger partial charge in [-0.3, -0.25) is 24.4 Å². The monoisotopic (exact) mass is 339 g/mol. The van der Waals surface area contributed by atoms with Crippen molar-refractivity contribution in [2.75, 3.05) is 0 Å². The van der Waals surface area contributed by atoms with Gasteiger partial charge in [0.25, 0.3) is 5.91 Å². The summed E-state index contributed by atoms with van der Waals surface area (Å²) < 4.78 is 1.70. The number of imide groups is 1. The molecule has 8 heteroatoms. The van der Waals surface area contributed by atoms with Crippen LogP contribution in [0.15, 0.2) is 18.2 Å². The molecule has 3 amide bonds. The van der Waals surface area contributed by atoms with Gasteiger partial charge < -0.3 is 4.90 Å². The van der Waals surface area contributed by atoms with Crippen LogP contribution in [-0.2, 0) is 23.2 Å². The normalized spacial score (nSPS) is 20.0. The first-order valence-electron chi connectivity index (χ1n) is 8.09. The quantitative estimate of drug-likeness (QED) is 0.806. The van der Waals surface area contributed by atoms with Crippen LogP contribution in [0.1, 0.15) is 34.6 Å². The molecule has 1 N–H and O–H groups in total. The Morgan fingerprint density at radius 1 is 1.24 bits per heavy atom. The number of fused-ring (bicyclic) bond motifs is 1. The van der Waals surface area contributed by atoms with Gasteiger partial charge in [0.15, 0.2) is 5.82 Å². The van der Waals surface area contributed by atoms with Gasteiger partial charge in [0.1, 0.15) is 11.9 Å². The summed E-state index contributed by atoms with van der Waals surface area (Å²) in [5, 5.41) is 6.66. The van der Waals surface area contributed by atoms with Crippen LogP contribution in [0.4, 0.5) is 0 Å². The highest BCUT2D eigenvalue weighted by Crippen LogP contribution is 2.30. The van der Waals surface area contributed by atoms with Crippen LogP contribution in [0.25, 0.3) is 11.4 Å². The molecule has 8 nitrogen and oxygen atoms in total. The number of aromatic nitrogens is 3. The van der Waals surface area contributed by atoms with Crippen LogP contribution in [0.5, 0.6) is 0 Å². The summed E-state index contributed by atoms with van der Waals surface area (Å²) in [7, 11) is 1.83. The number of hydrogen-bond acceptors (Lipinski definition) is 5. The average Bonchev–Trinajstić information content (AvgIpc) is 3.08. The van der Waals surface area contributed by atoms with Crippen molar-refractivity contribution in [2.24, 2.45) is 7.05 Å². The molecule has 1 aromatic carbocycles. The van der Waals surface area contributed by atoms with Crippen LogP contribution >= 0.6 is 0 Å². The Morgan fingerprint density at radius 2 is 2.04 bits per heavy atom. The van der Waals surface area contributed by atoms with Crippen LogP contribution in [-0.4, -0.2) is 43.4 Å². The van der Waals surface area contributed by atoms with Crippen molar-refractivity contribution in [1.29, 1.82) is 0 Å². The number of piperidine rings is 1. The summed E-state index contributed by atoms with van der Waals surface area (Å²) in [6.07, 6.45) is 0.608. The van der Waals surface area contributed by atoms with E-state index in [1.54, 1.807) is 10.7 Å². The molecule has 128 valence electrons. The SMILES string of the molecule is Cc1nc(-c2ccc3c(c2)CN(C2CCC(=O)NC2=O)C3=O)nn1C. The second-order valence-electron chi connectivity index (χ2n) is 6.38. The van der Waals surface area contributed by atoms with E-state index in [1.165, 1.54) is 4.90 Å². The smallest absolute Gasteiger partial charge is 0.255 e. The number of carbonyl (C=O) groups excluding carboxylic acids is 3. The van der Waals surface area contributed by atoms with E-state index >= 15 is 0 Å². The third-order valence-corrected chi connectivity index (χ3v) is 4.76. The van der Waals surface area contributed by atoms with Gasteiger partial charge in [-0.2, -0.15) is 5.10 Å². The first-order valence-corrected chi connectivity index (χ1v) is 8.09. The lowest BCUT2D eigenvalue weighted by molar-refractivity contribution is -0.136. The molecule has 4 rings (SSSR count). The molecule has 1 saturated heterocycles. The highest BCUT2D eigenvalue weighted by Gasteiger charge is 2.39. The van der Waals surface area contributed by atoms with Crippen molar-refractivity contribution in [3.8, 4) is 11.4 Å². The molecule has 1 atom stereocenters. The third kappa shape index (κ3) is 2.50. The molecule has 0 spiro atoms. The van der Waals surface area contributed by atoms with Gasteiger partial charge in [0, 0.05) is 31.1 Å². The van der Waals surface area contributed by atoms with Gasteiger partial charge >= 0.3 is 0 Å². The highest BCUT2D eigenvalue weighted by molar-refractivity contribution is 6.05. The fourth-order valence-electron chi connectivity index (χ4n) is 3.30. The molecule has 2 aliphatic rings. The molecule has 2 aromatic rings. The molecule has 1 aromatic heterocycles. The Morgan fingerprint density at radius 3 is 2.72 bits per heavy atom. The van der Waals surface area contributed by atoms with Crippen LogP contribution < -0.4 is 5.32 Å². The lowest BCUT2D eigenvalue weighted by Crippen LogP contribution is -2.52. The molecule has 1 unspecified atom stereocenters. The van der Waals surface area contributed by atoms with E-state index in [2.05, 4.69) is 15.4 Å². The molecular formula is C17H17N5O3. The van der Waals surface area contributed by atoms with Crippen molar-refractivity contribution in [1.82, 2.24) is 25.0 Å². The predicted octanol–water partition coefficient (Wildman–Crippen LogP) is 0.552. The van der Waals surface area contributed by atoms with Crippen molar-refractivity contribution >= 4 is 17.7 Å². The summed E-state index contributed by atoms with van der Waals surface area (Å²) in [5.74, 6) is 0.539. The Labute approximate surface area is 143 Å². The zero-order valence-electron chi connectivity index (χ0n) is 13.9. The molecular weight excluding hydrogens is 322 g/mol. The summed E-state index contributed by atoms with van der Waals surface area (Å²) >= 11 is 0. The molecule has 0 bridgehead atoms. The molecule has 3 heterocycles. The Balaban J connectivity index is 1.63. The second kappa shape index (κ2) is 5.51. The number of benzene rings is 1. The van der Waals surface area contributed by atoms with Crippen LogP contribution in [0.2, 0.25) is 0 Å². The Kier molecular flexibility index (Phi) is 3.41. The van der Waals surface area contributed by atoms with Crippen LogP contribution in [0, 0.1) is 6.92 Å². The second-order valence-corrected chi connectivity index (χ2v) is 6.38. The molecule has 2 aliphatic heterocycles. The fraction of sp³-hybridized carbons (Fsp3) is 0.353. The maximum Gasteiger partial charge on any atom is 0.255 e. The first kappa shape index (κ1) is 15.5. The zero-order valence-corrected chi connectivity index (χ0v) is 13.9. The van der Waals surface area contributed by atoms with Gasteiger partial charge in [-0.15, -0.1) is 0 Å². The van der Waals surface area contributed by atoms with Crippen molar-refractivity contribution < 1.29 is 14.4 Å². The molecule has 1 fully saturated rings. The lowest BCUT2D eigenvalue weighted by Gasteiger charge is -2.29. The summed E-state index contributed by atoms with van der Waals surface area (Å²) in [6, 6.07) is 4.87. The number of nitrogens with zero attached hydrogens (tertiary/aromatic N) is 4. The van der Waals surface area contributed by atoms with E-state index in [0.29, 0.717) is 24.4 Å². The molecule has 0 aliphatic carbocycles. The highest BCUT2D eigenvalue weighted by atomic mass is 16.2. The average molecular weight is 339 g/mol. The third-order valence-electron chi connectivity index (χ3n) is 4.76. The fourth-order valence-corrected chi connectivity index (χ4v) is 3.30. The Hall–Kier alpha value is -3.03. The van der Waals surface area contributed by atoms with E-state index in [1.807, 2.05) is 26.1 Å². The number of hydrogen-bond donors (Lipinski definition) is 1. The molecule has 0 radical (unpaired) electrons. The van der Waals surface area contributed by atoms with Crippen molar-refractivity contribution in [3.05, 3.63) is 35.2 Å². The number of carbonyl (C=O) groups is 3. The van der Waals surface area contributed by atoms with Gasteiger partial charge in [-0.1, -0.05) is 6.07 Å². The number of rotatable bonds is 2. The summed E-state index contributed by atoms with van der Waals surface area (Å²) in [4.78, 5) is 42.0. The topological polar surface area (TPSA) is 97.2 Å². The predicted molar refractivity (Wildman–Crippen MR) is 87.2 cm³/mol. The minimum atomic E-state index is -0.601. The van der Waals surface area contributed by atoms with Crippen molar-refractivity contribution in [2.45, 2.75) is 32.4 Å². The Bertz CT molecular complexity index is 898. The van der Waals surface area contributed by atoms with Crippen molar-refractivity contribution in [3.63, 3.8) is 0 Å². The van der Waals surface area contributed by atoms with E-state index in [4.69, 9.17) is 0 Å². The summed E-state index contributed by atoms with van der Waals surface area (Å²) in [5.41, 5.74) is 2.26. The van der Waals surface area contributed by atoms with E-state index in [0.717, 1.165) is 17.0 Å². The largest absolute Gasteiger partial charge is 0.322 e. The van der Waals surface area contributed by atoms with Gasteiger partial charge in [-0.25, -0.2) is 4.98 Å². The summed E-state index contributed by atoms with van der Waals surface area (Å²) in [6.45, 7) is 2.22. The number of nitrogens with one attached hydrogen (secondary N) is 1.